The van der Waals surface area contributed by atoms with Crippen LogP contribution in [0.4, 0.5) is 0 Å². The molecule has 0 aliphatic carbocycles. The zero-order valence-corrected chi connectivity index (χ0v) is 13.6. The molecule has 1 N–H and O–H groups in total. The fourth-order valence-electron chi connectivity index (χ4n) is 2.18. The first-order valence-corrected chi connectivity index (χ1v) is 8.67. The summed E-state index contributed by atoms with van der Waals surface area (Å²) in [5.41, 5.74) is 0. The van der Waals surface area contributed by atoms with E-state index in [9.17, 15) is 0 Å². The van der Waals surface area contributed by atoms with Crippen LogP contribution in [0.2, 0.25) is 0 Å². The van der Waals surface area contributed by atoms with Crippen molar-refractivity contribution in [2.45, 2.75) is 32.1 Å². The van der Waals surface area contributed by atoms with Gasteiger partial charge < -0.3 is 10.2 Å². The Balaban J connectivity index is 2.04. The molecular formula is C14H23N3S2. The molecule has 1 aromatic rings. The molecule has 0 radical (unpaired) electrons. The summed E-state index contributed by atoms with van der Waals surface area (Å²) in [7, 11) is 0. The Kier molecular flexibility index (Phi) is 5.16. The molecule has 0 unspecified atom stereocenters. The normalized spacial score (nSPS) is 19.5. The molecule has 0 aromatic carbocycles. The Bertz CT molecular complexity index is 412. The lowest BCUT2D eigenvalue weighted by Crippen LogP contribution is -2.50. The van der Waals surface area contributed by atoms with Gasteiger partial charge in [-0.3, -0.25) is 0 Å². The second kappa shape index (κ2) is 6.66. The molecule has 1 fully saturated rings. The summed E-state index contributed by atoms with van der Waals surface area (Å²) >= 11 is 3.83. The van der Waals surface area contributed by atoms with Crippen molar-refractivity contribution >= 4 is 29.1 Å². The Morgan fingerprint density at radius 2 is 2.37 bits per heavy atom. The fraction of sp³-hybridized carbons (Fsp3) is 0.643. The molecule has 19 heavy (non-hydrogen) atoms. The number of rotatable bonds is 3. The van der Waals surface area contributed by atoms with Crippen molar-refractivity contribution in [2.75, 3.05) is 25.4 Å². The maximum atomic E-state index is 4.78. The molecule has 1 aliphatic rings. The van der Waals surface area contributed by atoms with E-state index in [2.05, 4.69) is 60.3 Å². The second-order valence-electron chi connectivity index (χ2n) is 5.28. The number of hydrogen-bond acceptors (Lipinski definition) is 3. The first kappa shape index (κ1) is 14.7. The maximum Gasteiger partial charge on any atom is 0.194 e. The molecule has 0 atom stereocenters. The van der Waals surface area contributed by atoms with Crippen LogP contribution >= 0.6 is 23.1 Å². The summed E-state index contributed by atoms with van der Waals surface area (Å²) in [4.78, 5) is 8.49. The molecule has 1 saturated heterocycles. The van der Waals surface area contributed by atoms with Crippen molar-refractivity contribution in [3.05, 3.63) is 22.4 Å². The summed E-state index contributed by atoms with van der Waals surface area (Å²) in [6.45, 7) is 10.6. The zero-order chi connectivity index (χ0) is 13.7. The zero-order valence-electron chi connectivity index (χ0n) is 12.0. The van der Waals surface area contributed by atoms with Crippen LogP contribution in [0.3, 0.4) is 0 Å². The highest BCUT2D eigenvalue weighted by atomic mass is 32.2. The van der Waals surface area contributed by atoms with Gasteiger partial charge in [0.25, 0.3) is 0 Å². The standard InChI is InChI=1S/C14H23N3S2/c1-4-15-13(16-10-12-6-5-8-18-12)17-7-9-19-14(2,3)11-17/h5-6,8H,4,7,9-11H2,1-3H3,(H,15,16). The highest BCUT2D eigenvalue weighted by Crippen LogP contribution is 2.29. The topological polar surface area (TPSA) is 27.6 Å². The van der Waals surface area contributed by atoms with Gasteiger partial charge in [-0.2, -0.15) is 11.8 Å². The SMILES string of the molecule is CCNC(=NCc1cccs1)N1CCSC(C)(C)C1. The van der Waals surface area contributed by atoms with Crippen molar-refractivity contribution in [3.8, 4) is 0 Å². The number of thioether (sulfide) groups is 1. The van der Waals surface area contributed by atoms with E-state index in [-0.39, 0.29) is 0 Å². The number of hydrogen-bond donors (Lipinski definition) is 1. The Morgan fingerprint density at radius 1 is 1.53 bits per heavy atom. The van der Waals surface area contributed by atoms with Crippen LogP contribution in [-0.2, 0) is 6.54 Å². The third kappa shape index (κ3) is 4.42. The number of thiophene rings is 1. The van der Waals surface area contributed by atoms with Crippen LogP contribution < -0.4 is 5.32 Å². The van der Waals surface area contributed by atoms with Crippen molar-refractivity contribution in [2.24, 2.45) is 4.99 Å². The fourth-order valence-corrected chi connectivity index (χ4v) is 3.92. The van der Waals surface area contributed by atoms with Crippen LogP contribution in [0.25, 0.3) is 0 Å². The first-order valence-electron chi connectivity index (χ1n) is 6.80. The highest BCUT2D eigenvalue weighted by molar-refractivity contribution is 8.00. The minimum Gasteiger partial charge on any atom is -0.357 e. The van der Waals surface area contributed by atoms with Crippen LogP contribution in [0.1, 0.15) is 25.6 Å². The van der Waals surface area contributed by atoms with Gasteiger partial charge in [0.15, 0.2) is 5.96 Å². The van der Waals surface area contributed by atoms with Crippen LogP contribution in [0, 0.1) is 0 Å². The largest absolute Gasteiger partial charge is 0.357 e. The smallest absolute Gasteiger partial charge is 0.194 e. The van der Waals surface area contributed by atoms with Crippen molar-refractivity contribution in [3.63, 3.8) is 0 Å². The average molecular weight is 297 g/mol. The molecule has 1 aromatic heterocycles. The molecule has 0 spiro atoms. The van der Waals surface area contributed by atoms with Gasteiger partial charge in [0.2, 0.25) is 0 Å². The number of aliphatic imine (C=N–C) groups is 1. The van der Waals surface area contributed by atoms with Crippen molar-refractivity contribution in [1.82, 2.24) is 10.2 Å². The third-order valence-electron chi connectivity index (χ3n) is 3.02. The van der Waals surface area contributed by atoms with E-state index < -0.39 is 0 Å². The molecule has 3 nitrogen and oxygen atoms in total. The van der Waals surface area contributed by atoms with E-state index in [1.807, 2.05) is 0 Å². The second-order valence-corrected chi connectivity index (χ2v) is 8.11. The quantitative estimate of drug-likeness (QED) is 0.686. The third-order valence-corrected chi connectivity index (χ3v) is 5.18. The van der Waals surface area contributed by atoms with Crippen molar-refractivity contribution < 1.29 is 0 Å². The van der Waals surface area contributed by atoms with Gasteiger partial charge in [-0.25, -0.2) is 4.99 Å². The maximum absolute atomic E-state index is 4.78. The van der Waals surface area contributed by atoms with E-state index in [4.69, 9.17) is 4.99 Å². The molecule has 5 heteroatoms. The van der Waals surface area contributed by atoms with E-state index in [1.165, 1.54) is 10.6 Å². The van der Waals surface area contributed by atoms with Gasteiger partial charge in [0.1, 0.15) is 0 Å². The van der Waals surface area contributed by atoms with Gasteiger partial charge in [-0.05, 0) is 32.2 Å². The molecule has 106 valence electrons. The Morgan fingerprint density at radius 3 is 3.00 bits per heavy atom. The first-order chi connectivity index (χ1) is 9.11. The summed E-state index contributed by atoms with van der Waals surface area (Å²) in [6.07, 6.45) is 0. The molecule has 2 heterocycles. The van der Waals surface area contributed by atoms with Gasteiger partial charge in [-0.15, -0.1) is 11.3 Å². The van der Waals surface area contributed by atoms with Gasteiger partial charge in [0, 0.05) is 35.0 Å². The van der Waals surface area contributed by atoms with E-state index in [1.54, 1.807) is 11.3 Å². The van der Waals surface area contributed by atoms with Crippen molar-refractivity contribution in [1.29, 1.82) is 0 Å². The molecule has 0 amide bonds. The lowest BCUT2D eigenvalue weighted by Gasteiger charge is -2.39. The van der Waals surface area contributed by atoms with E-state index >= 15 is 0 Å². The summed E-state index contributed by atoms with van der Waals surface area (Å²) < 4.78 is 0.317. The minimum absolute atomic E-state index is 0.317. The number of nitrogens with one attached hydrogen (secondary N) is 1. The van der Waals surface area contributed by atoms with E-state index in [0.717, 1.165) is 32.1 Å². The highest BCUT2D eigenvalue weighted by Gasteiger charge is 2.28. The number of guanidine groups is 1. The molecule has 0 saturated carbocycles. The predicted molar refractivity (Wildman–Crippen MR) is 87.2 cm³/mol. The lowest BCUT2D eigenvalue weighted by molar-refractivity contribution is 0.376. The van der Waals surface area contributed by atoms with Crippen LogP contribution in [0.15, 0.2) is 22.5 Å². The molecule has 1 aliphatic heterocycles. The van der Waals surface area contributed by atoms with Crippen LogP contribution in [-0.4, -0.2) is 41.0 Å². The minimum atomic E-state index is 0.317. The lowest BCUT2D eigenvalue weighted by atomic mass is 10.2. The van der Waals surface area contributed by atoms with E-state index in [0.29, 0.717) is 4.75 Å². The molecule has 2 rings (SSSR count). The monoisotopic (exact) mass is 297 g/mol. The van der Waals surface area contributed by atoms with Crippen LogP contribution in [0.5, 0.6) is 0 Å². The van der Waals surface area contributed by atoms with Gasteiger partial charge in [-0.1, -0.05) is 6.07 Å². The Hall–Kier alpha value is -0.680. The number of nitrogens with zero attached hydrogens (tertiary/aromatic N) is 2. The molecular weight excluding hydrogens is 274 g/mol. The summed E-state index contributed by atoms with van der Waals surface area (Å²) in [6, 6.07) is 4.23. The van der Waals surface area contributed by atoms with Gasteiger partial charge >= 0.3 is 0 Å². The summed E-state index contributed by atoms with van der Waals surface area (Å²) in [5, 5.41) is 5.53. The molecule has 0 bridgehead atoms. The average Bonchev–Trinajstić information content (AvgIpc) is 2.86. The predicted octanol–water partition coefficient (Wildman–Crippen LogP) is 3.04. The van der Waals surface area contributed by atoms with Gasteiger partial charge in [0.05, 0.1) is 6.54 Å². The summed E-state index contributed by atoms with van der Waals surface area (Å²) in [5.74, 6) is 2.24. The Labute approximate surface area is 124 Å².